The van der Waals surface area contributed by atoms with Crippen molar-refractivity contribution >= 4 is 23.1 Å². The number of esters is 1. The fourth-order valence-corrected chi connectivity index (χ4v) is 3.77. The standard InChI is InChI=1S/C30H23N3O3/c1-20-11-15-22(16-12-20)28-32-26-9-5-4-8-25(26)29(34)33(28)31-19-24-7-3-6-10-27(24)36-30(35)23-17-13-21(2)14-18-23/h3-19H,1-2H3. The number of fused-ring (bicyclic) bond motifs is 1. The Bertz CT molecular complexity index is 1650. The lowest BCUT2D eigenvalue weighted by Gasteiger charge is -2.10. The van der Waals surface area contributed by atoms with Crippen molar-refractivity contribution in [2.24, 2.45) is 5.10 Å². The third-order valence-corrected chi connectivity index (χ3v) is 5.78. The maximum atomic E-state index is 13.4. The van der Waals surface area contributed by atoms with Gasteiger partial charge in [0, 0.05) is 11.1 Å². The second-order valence-electron chi connectivity index (χ2n) is 8.47. The van der Waals surface area contributed by atoms with Crippen molar-refractivity contribution < 1.29 is 9.53 Å². The number of hydrogen-bond donors (Lipinski definition) is 0. The zero-order valence-corrected chi connectivity index (χ0v) is 19.9. The van der Waals surface area contributed by atoms with Crippen molar-refractivity contribution in [3.05, 3.63) is 130 Å². The maximum absolute atomic E-state index is 13.4. The van der Waals surface area contributed by atoms with Gasteiger partial charge in [0.1, 0.15) is 5.75 Å². The summed E-state index contributed by atoms with van der Waals surface area (Å²) in [7, 11) is 0. The number of carbonyl (C=O) groups excluding carboxylic acids is 1. The van der Waals surface area contributed by atoms with E-state index in [0.717, 1.165) is 16.7 Å². The zero-order chi connectivity index (χ0) is 25.1. The normalized spacial score (nSPS) is 11.2. The topological polar surface area (TPSA) is 73.5 Å². The van der Waals surface area contributed by atoms with Crippen molar-refractivity contribution in [2.75, 3.05) is 0 Å². The molecule has 6 nitrogen and oxygen atoms in total. The first kappa shape index (κ1) is 22.9. The first-order valence-corrected chi connectivity index (χ1v) is 11.5. The Morgan fingerprint density at radius 2 is 1.47 bits per heavy atom. The van der Waals surface area contributed by atoms with E-state index in [2.05, 4.69) is 5.10 Å². The minimum atomic E-state index is -0.472. The van der Waals surface area contributed by atoms with E-state index >= 15 is 0 Å². The molecule has 4 aromatic carbocycles. The van der Waals surface area contributed by atoms with Gasteiger partial charge in [-0.15, -0.1) is 0 Å². The van der Waals surface area contributed by atoms with Crippen LogP contribution in [0.2, 0.25) is 0 Å². The van der Waals surface area contributed by atoms with Gasteiger partial charge in [-0.25, -0.2) is 9.78 Å². The molecule has 0 aliphatic carbocycles. The Hall–Kier alpha value is -4.84. The molecule has 0 bridgehead atoms. The van der Waals surface area contributed by atoms with Gasteiger partial charge in [-0.2, -0.15) is 9.78 Å². The first-order chi connectivity index (χ1) is 17.5. The molecule has 1 aromatic heterocycles. The van der Waals surface area contributed by atoms with Gasteiger partial charge in [0.15, 0.2) is 5.82 Å². The number of carbonyl (C=O) groups is 1. The Kier molecular flexibility index (Phi) is 6.24. The Morgan fingerprint density at radius 1 is 0.833 bits per heavy atom. The molecule has 0 saturated carbocycles. The zero-order valence-electron chi connectivity index (χ0n) is 19.9. The van der Waals surface area contributed by atoms with Gasteiger partial charge in [0.25, 0.3) is 5.56 Å². The largest absolute Gasteiger partial charge is 0.422 e. The molecule has 0 radical (unpaired) electrons. The third kappa shape index (κ3) is 4.70. The molecule has 0 spiro atoms. The number of aryl methyl sites for hydroxylation is 2. The van der Waals surface area contributed by atoms with Crippen LogP contribution < -0.4 is 10.3 Å². The van der Waals surface area contributed by atoms with Crippen LogP contribution >= 0.6 is 0 Å². The third-order valence-electron chi connectivity index (χ3n) is 5.78. The van der Waals surface area contributed by atoms with Crippen LogP contribution in [0.3, 0.4) is 0 Å². The molecule has 0 amide bonds. The van der Waals surface area contributed by atoms with Crippen LogP contribution in [0.5, 0.6) is 5.75 Å². The average Bonchev–Trinajstić information content (AvgIpc) is 2.90. The molecule has 0 fully saturated rings. The molecule has 0 unspecified atom stereocenters. The molecule has 0 aliphatic rings. The lowest BCUT2D eigenvalue weighted by atomic mass is 10.1. The van der Waals surface area contributed by atoms with E-state index in [-0.39, 0.29) is 5.56 Å². The van der Waals surface area contributed by atoms with E-state index in [1.165, 1.54) is 10.9 Å². The molecule has 176 valence electrons. The molecule has 5 rings (SSSR count). The highest BCUT2D eigenvalue weighted by atomic mass is 16.5. The van der Waals surface area contributed by atoms with Gasteiger partial charge >= 0.3 is 5.97 Å². The summed E-state index contributed by atoms with van der Waals surface area (Å²) in [4.78, 5) is 30.8. The SMILES string of the molecule is Cc1ccc(C(=O)Oc2ccccc2C=Nn2c(-c3ccc(C)cc3)nc3ccccc3c2=O)cc1. The predicted molar refractivity (Wildman–Crippen MR) is 142 cm³/mol. The van der Waals surface area contributed by atoms with Gasteiger partial charge in [-0.3, -0.25) is 4.79 Å². The van der Waals surface area contributed by atoms with Crippen LogP contribution in [0.1, 0.15) is 27.0 Å². The van der Waals surface area contributed by atoms with Gasteiger partial charge < -0.3 is 4.74 Å². The van der Waals surface area contributed by atoms with Crippen molar-refractivity contribution in [1.29, 1.82) is 0 Å². The quantitative estimate of drug-likeness (QED) is 0.184. The predicted octanol–water partition coefficient (Wildman–Crippen LogP) is 5.78. The molecular weight excluding hydrogens is 450 g/mol. The molecule has 0 atom stereocenters. The van der Waals surface area contributed by atoms with Crippen molar-refractivity contribution in [1.82, 2.24) is 9.66 Å². The number of rotatable bonds is 5. The highest BCUT2D eigenvalue weighted by molar-refractivity contribution is 5.93. The van der Waals surface area contributed by atoms with Crippen LogP contribution in [0.4, 0.5) is 0 Å². The van der Waals surface area contributed by atoms with Gasteiger partial charge in [-0.1, -0.05) is 71.8 Å². The lowest BCUT2D eigenvalue weighted by Crippen LogP contribution is -2.20. The summed E-state index contributed by atoms with van der Waals surface area (Å²) in [5, 5.41) is 4.97. The van der Waals surface area contributed by atoms with Crippen LogP contribution in [0.15, 0.2) is 107 Å². The van der Waals surface area contributed by atoms with Crippen LogP contribution in [-0.2, 0) is 0 Å². The molecule has 0 aliphatic heterocycles. The van der Waals surface area contributed by atoms with Crippen LogP contribution in [0.25, 0.3) is 22.3 Å². The van der Waals surface area contributed by atoms with Crippen molar-refractivity contribution in [3.8, 4) is 17.1 Å². The fraction of sp³-hybridized carbons (Fsp3) is 0.0667. The highest BCUT2D eigenvalue weighted by Gasteiger charge is 2.14. The van der Waals surface area contributed by atoms with Crippen LogP contribution in [0, 0.1) is 13.8 Å². The van der Waals surface area contributed by atoms with Gasteiger partial charge in [0.2, 0.25) is 0 Å². The first-order valence-electron chi connectivity index (χ1n) is 11.5. The van der Waals surface area contributed by atoms with E-state index in [1.807, 2.05) is 68.4 Å². The molecule has 36 heavy (non-hydrogen) atoms. The number of aromatic nitrogens is 2. The summed E-state index contributed by atoms with van der Waals surface area (Å²) in [6.07, 6.45) is 1.51. The van der Waals surface area contributed by atoms with E-state index in [0.29, 0.717) is 33.6 Å². The summed E-state index contributed by atoms with van der Waals surface area (Å²) in [5.74, 6) is 0.287. The van der Waals surface area contributed by atoms with Gasteiger partial charge in [0.05, 0.1) is 22.7 Å². The molecule has 6 heteroatoms. The molecule has 5 aromatic rings. The molecule has 0 saturated heterocycles. The summed E-state index contributed by atoms with van der Waals surface area (Å²) >= 11 is 0. The summed E-state index contributed by atoms with van der Waals surface area (Å²) in [5.41, 5.74) is 4.22. The summed E-state index contributed by atoms with van der Waals surface area (Å²) < 4.78 is 6.94. The Balaban J connectivity index is 1.56. The molecule has 1 heterocycles. The van der Waals surface area contributed by atoms with E-state index in [1.54, 1.807) is 42.5 Å². The fourth-order valence-electron chi connectivity index (χ4n) is 3.77. The number of para-hydroxylation sites is 2. The lowest BCUT2D eigenvalue weighted by molar-refractivity contribution is 0.0734. The Morgan fingerprint density at radius 3 is 2.22 bits per heavy atom. The highest BCUT2D eigenvalue weighted by Crippen LogP contribution is 2.21. The minimum absolute atomic E-state index is 0.290. The van der Waals surface area contributed by atoms with E-state index in [9.17, 15) is 9.59 Å². The Labute approximate surface area is 208 Å². The number of nitrogens with zero attached hydrogens (tertiary/aromatic N) is 3. The monoisotopic (exact) mass is 473 g/mol. The maximum Gasteiger partial charge on any atom is 0.343 e. The van der Waals surface area contributed by atoms with Gasteiger partial charge in [-0.05, 0) is 50.2 Å². The molecular formula is C30H23N3O3. The number of hydrogen-bond acceptors (Lipinski definition) is 5. The summed E-state index contributed by atoms with van der Waals surface area (Å²) in [6, 6.07) is 29.1. The second kappa shape index (κ2) is 9.80. The number of benzene rings is 4. The van der Waals surface area contributed by atoms with Crippen molar-refractivity contribution in [2.45, 2.75) is 13.8 Å². The molecule has 0 N–H and O–H groups in total. The minimum Gasteiger partial charge on any atom is -0.422 e. The van der Waals surface area contributed by atoms with Crippen LogP contribution in [-0.4, -0.2) is 21.8 Å². The second-order valence-corrected chi connectivity index (χ2v) is 8.47. The average molecular weight is 474 g/mol. The van der Waals surface area contributed by atoms with E-state index in [4.69, 9.17) is 9.72 Å². The van der Waals surface area contributed by atoms with E-state index < -0.39 is 5.97 Å². The summed E-state index contributed by atoms with van der Waals surface area (Å²) in [6.45, 7) is 3.95. The number of ether oxygens (including phenoxy) is 1. The smallest absolute Gasteiger partial charge is 0.343 e. The van der Waals surface area contributed by atoms with Crippen molar-refractivity contribution in [3.63, 3.8) is 0 Å².